The zero-order chi connectivity index (χ0) is 16.0. The molecule has 128 valence electrons. The molecule has 1 atom stereocenters. The van der Waals surface area contributed by atoms with Crippen LogP contribution in [0.4, 0.5) is 0 Å². The molecule has 0 radical (unpaired) electrons. The van der Waals surface area contributed by atoms with Crippen molar-refractivity contribution in [1.29, 1.82) is 0 Å². The molecule has 0 rings (SSSR count). The summed E-state index contributed by atoms with van der Waals surface area (Å²) in [6.07, 6.45) is 13.8. The third kappa shape index (κ3) is 21.5. The number of aliphatic hydroxyl groups excluding tert-OH is 1. The average Bonchev–Trinajstić information content (AvgIpc) is 2.42. The van der Waals surface area contributed by atoms with Crippen LogP contribution >= 0.6 is 0 Å². The van der Waals surface area contributed by atoms with Crippen LogP contribution in [-0.2, 0) is 10.1 Å². The van der Waals surface area contributed by atoms with Gasteiger partial charge in [0, 0.05) is 5.75 Å². The van der Waals surface area contributed by atoms with E-state index >= 15 is 0 Å². The van der Waals surface area contributed by atoms with Gasteiger partial charge in [-0.25, -0.2) is 8.42 Å². The fraction of sp³-hybridized carbons (Fsp3) is 1.00. The van der Waals surface area contributed by atoms with E-state index in [9.17, 15) is 18.1 Å². The first kappa shape index (κ1) is 25.7. The molecular weight excluding hydrogens is 327 g/mol. The monoisotopic (exact) mass is 360 g/mol. The van der Waals surface area contributed by atoms with Crippen molar-refractivity contribution < 1.29 is 69.5 Å². The Bertz CT molecular complexity index is 320. The third-order valence-electron chi connectivity index (χ3n) is 3.90. The van der Waals surface area contributed by atoms with Crippen LogP contribution in [0.5, 0.6) is 0 Å². The van der Waals surface area contributed by atoms with Crippen LogP contribution in [-0.4, -0.2) is 29.9 Å². The molecule has 0 aliphatic carbocycles. The SMILES string of the molecule is CCC(O)CCCCCCCCCCCCCS(=O)(=O)[O-].[K+]. The van der Waals surface area contributed by atoms with Crippen molar-refractivity contribution in [3.8, 4) is 0 Å². The topological polar surface area (TPSA) is 77.4 Å². The van der Waals surface area contributed by atoms with Gasteiger partial charge in [0.15, 0.2) is 0 Å². The van der Waals surface area contributed by atoms with E-state index in [1.165, 1.54) is 38.5 Å². The molecule has 0 aromatic rings. The molecule has 0 aromatic carbocycles. The van der Waals surface area contributed by atoms with Gasteiger partial charge in [0.1, 0.15) is 0 Å². The summed E-state index contributed by atoms with van der Waals surface area (Å²) in [6, 6.07) is 0. The summed E-state index contributed by atoms with van der Waals surface area (Å²) >= 11 is 0. The van der Waals surface area contributed by atoms with Gasteiger partial charge in [-0.05, 0) is 19.3 Å². The summed E-state index contributed by atoms with van der Waals surface area (Å²) in [5.74, 6) is -0.209. The maximum absolute atomic E-state index is 10.4. The summed E-state index contributed by atoms with van der Waals surface area (Å²) in [4.78, 5) is 0. The molecule has 0 saturated carbocycles. The summed E-state index contributed by atoms with van der Waals surface area (Å²) in [5, 5.41) is 9.41. The van der Waals surface area contributed by atoms with Crippen molar-refractivity contribution in [3.05, 3.63) is 0 Å². The van der Waals surface area contributed by atoms with Crippen LogP contribution in [0.2, 0.25) is 0 Å². The van der Waals surface area contributed by atoms with Crippen LogP contribution in [0.1, 0.15) is 90.4 Å². The molecule has 4 nitrogen and oxygen atoms in total. The zero-order valence-electron chi connectivity index (χ0n) is 14.6. The van der Waals surface area contributed by atoms with E-state index < -0.39 is 10.1 Å². The van der Waals surface area contributed by atoms with Gasteiger partial charge in [-0.15, -0.1) is 0 Å². The predicted octanol–water partition coefficient (Wildman–Crippen LogP) is 0.988. The molecule has 0 heterocycles. The van der Waals surface area contributed by atoms with Crippen molar-refractivity contribution in [1.82, 2.24) is 0 Å². The van der Waals surface area contributed by atoms with Gasteiger partial charge in [0.25, 0.3) is 0 Å². The molecule has 1 unspecified atom stereocenters. The second kappa shape index (κ2) is 17.3. The first-order valence-electron chi connectivity index (χ1n) is 8.57. The first-order valence-corrected chi connectivity index (χ1v) is 10.1. The van der Waals surface area contributed by atoms with Crippen molar-refractivity contribution in [2.24, 2.45) is 0 Å². The van der Waals surface area contributed by atoms with Gasteiger partial charge in [0.2, 0.25) is 0 Å². The Labute approximate surface area is 180 Å². The predicted molar refractivity (Wildman–Crippen MR) is 86.3 cm³/mol. The number of aliphatic hydroxyl groups is 1. The average molecular weight is 361 g/mol. The van der Waals surface area contributed by atoms with Crippen LogP contribution in [0.25, 0.3) is 0 Å². The van der Waals surface area contributed by atoms with E-state index in [2.05, 4.69) is 0 Å². The Balaban J connectivity index is 0. The Morgan fingerprint density at radius 3 is 1.55 bits per heavy atom. The van der Waals surface area contributed by atoms with Gasteiger partial charge in [-0.2, -0.15) is 0 Å². The fourth-order valence-corrected chi connectivity index (χ4v) is 3.01. The smallest absolute Gasteiger partial charge is 0.748 e. The second-order valence-corrected chi connectivity index (χ2v) is 7.53. The van der Waals surface area contributed by atoms with E-state index in [0.29, 0.717) is 6.42 Å². The standard InChI is InChI=1S/C16H34O4S.K/c1-2-16(17)14-12-10-8-6-4-3-5-7-9-11-13-15-21(18,19)20;/h16-17H,2-15H2,1H3,(H,18,19,20);/q;+1/p-1. The van der Waals surface area contributed by atoms with Gasteiger partial charge in [-0.3, -0.25) is 0 Å². The van der Waals surface area contributed by atoms with E-state index in [4.69, 9.17) is 0 Å². The largest absolute Gasteiger partial charge is 1.00 e. The minimum atomic E-state index is -4.01. The first-order chi connectivity index (χ1) is 9.95. The molecule has 0 spiro atoms. The van der Waals surface area contributed by atoms with Gasteiger partial charge < -0.3 is 9.66 Å². The van der Waals surface area contributed by atoms with Gasteiger partial charge in [0.05, 0.1) is 16.2 Å². The Morgan fingerprint density at radius 2 is 1.18 bits per heavy atom. The Kier molecular flexibility index (Phi) is 20.3. The van der Waals surface area contributed by atoms with Gasteiger partial charge >= 0.3 is 51.4 Å². The quantitative estimate of drug-likeness (QED) is 0.268. The molecule has 22 heavy (non-hydrogen) atoms. The summed E-state index contributed by atoms with van der Waals surface area (Å²) < 4.78 is 31.2. The minimum absolute atomic E-state index is 0. The fourth-order valence-electron chi connectivity index (χ4n) is 2.45. The van der Waals surface area contributed by atoms with Gasteiger partial charge in [-0.1, -0.05) is 71.1 Å². The Morgan fingerprint density at radius 1 is 0.818 bits per heavy atom. The molecule has 0 aliphatic heterocycles. The molecule has 0 fully saturated rings. The van der Waals surface area contributed by atoms with Crippen molar-refractivity contribution in [2.45, 2.75) is 96.5 Å². The molecular formula is C16H33KO4S. The molecule has 0 aliphatic rings. The van der Waals surface area contributed by atoms with E-state index in [-0.39, 0.29) is 63.2 Å². The maximum atomic E-state index is 10.4. The Hall–Kier alpha value is 1.51. The minimum Gasteiger partial charge on any atom is -0.748 e. The van der Waals surface area contributed by atoms with E-state index in [1.807, 2.05) is 6.92 Å². The van der Waals surface area contributed by atoms with Crippen LogP contribution in [0, 0.1) is 0 Å². The zero-order valence-corrected chi connectivity index (χ0v) is 18.5. The maximum Gasteiger partial charge on any atom is 1.00 e. The number of unbranched alkanes of at least 4 members (excludes halogenated alkanes) is 10. The van der Waals surface area contributed by atoms with Crippen molar-refractivity contribution in [2.75, 3.05) is 5.75 Å². The normalized spacial score (nSPS) is 12.9. The van der Waals surface area contributed by atoms with Crippen LogP contribution in [0.15, 0.2) is 0 Å². The molecule has 6 heteroatoms. The number of rotatable bonds is 15. The summed E-state index contributed by atoms with van der Waals surface area (Å²) in [6.45, 7) is 2.02. The van der Waals surface area contributed by atoms with Crippen molar-refractivity contribution >= 4 is 10.1 Å². The third-order valence-corrected chi connectivity index (χ3v) is 4.69. The molecule has 0 bridgehead atoms. The second-order valence-electron chi connectivity index (χ2n) is 6.00. The molecule has 0 amide bonds. The summed E-state index contributed by atoms with van der Waals surface area (Å²) in [7, 11) is -4.01. The van der Waals surface area contributed by atoms with Crippen LogP contribution < -0.4 is 51.4 Å². The van der Waals surface area contributed by atoms with Crippen LogP contribution in [0.3, 0.4) is 0 Å². The van der Waals surface area contributed by atoms with Crippen molar-refractivity contribution in [3.63, 3.8) is 0 Å². The van der Waals surface area contributed by atoms with E-state index in [1.54, 1.807) is 0 Å². The number of hydrogen-bond donors (Lipinski definition) is 1. The molecule has 0 saturated heterocycles. The van der Waals surface area contributed by atoms with E-state index in [0.717, 1.165) is 38.5 Å². The molecule has 0 aromatic heterocycles. The molecule has 1 N–H and O–H groups in total. The summed E-state index contributed by atoms with van der Waals surface area (Å²) in [5.41, 5.74) is 0. The number of hydrogen-bond acceptors (Lipinski definition) is 4.